The lowest BCUT2D eigenvalue weighted by Gasteiger charge is -2.48. The van der Waals surface area contributed by atoms with Crippen molar-refractivity contribution < 1.29 is 57.7 Å². The van der Waals surface area contributed by atoms with Gasteiger partial charge in [0.25, 0.3) is 5.69 Å². The minimum absolute atomic E-state index is 0.00440. The second kappa shape index (κ2) is 18.0. The molecule has 0 radical (unpaired) electrons. The maximum absolute atomic E-state index is 14.5. The zero-order chi connectivity index (χ0) is 42.0. The normalized spacial score (nSPS) is 40.2. The van der Waals surface area contributed by atoms with Crippen LogP contribution in [-0.2, 0) is 49.5 Å². The van der Waals surface area contributed by atoms with Gasteiger partial charge in [0.2, 0.25) is 0 Å². The number of non-ortho nitro benzene ring substituents is 1. The Bertz CT molecular complexity index is 1640. The van der Waals surface area contributed by atoms with E-state index in [0.717, 1.165) is 0 Å². The Morgan fingerprint density at radius 2 is 1.74 bits per heavy atom. The molecule has 0 aromatic heterocycles. The van der Waals surface area contributed by atoms with Gasteiger partial charge >= 0.3 is 12.1 Å². The summed E-state index contributed by atoms with van der Waals surface area (Å²) in [6, 6.07) is 4.81. The van der Waals surface area contributed by atoms with Crippen molar-refractivity contribution >= 4 is 29.2 Å². The molecule has 1 amide bonds. The van der Waals surface area contributed by atoms with Gasteiger partial charge < -0.3 is 48.6 Å². The Morgan fingerprint density at radius 3 is 2.37 bits per heavy atom. The first-order valence-corrected chi connectivity index (χ1v) is 19.8. The first-order valence-electron chi connectivity index (χ1n) is 19.8. The SMILES string of the molecule is CC[C@H]1OC(=O)[C@H](C)[C@H]2OC/C(=N\OCc3ccc([N+](=O)[O-])cc3)CO[C@](C)(C[C@@H](C)C(=O)[C@H](C)[C@@H]3NC(=O)O[C@]13C)[C@H](O[C@@H]1O[C@H](C)C[C@H](N(C)C)[C@H]1O)[C@@H]2C. The Hall–Kier alpha value is -3.74. The molecule has 57 heavy (non-hydrogen) atoms. The summed E-state index contributed by atoms with van der Waals surface area (Å²) in [5.41, 5.74) is -1.73. The molecule has 1 aromatic carbocycles. The number of hydrogen-bond acceptors (Lipinski definition) is 15. The second-order valence-electron chi connectivity index (χ2n) is 16.8. The molecule has 14 atom stereocenters. The molecule has 5 rings (SSSR count). The summed E-state index contributed by atoms with van der Waals surface area (Å²) in [5, 5.41) is 29.9. The zero-order valence-electron chi connectivity index (χ0n) is 34.7. The van der Waals surface area contributed by atoms with Gasteiger partial charge in [-0.3, -0.25) is 19.7 Å². The summed E-state index contributed by atoms with van der Waals surface area (Å²) >= 11 is 0. The molecule has 4 aliphatic heterocycles. The molecule has 318 valence electrons. The third kappa shape index (κ3) is 9.60. The number of nitrogens with one attached hydrogen (secondary N) is 1. The number of aliphatic hydroxyl groups is 1. The third-order valence-electron chi connectivity index (χ3n) is 12.2. The predicted molar refractivity (Wildman–Crippen MR) is 205 cm³/mol. The number of hydrogen-bond donors (Lipinski definition) is 2. The van der Waals surface area contributed by atoms with Crippen molar-refractivity contribution in [1.82, 2.24) is 10.2 Å². The Kier molecular flexibility index (Phi) is 14.0. The van der Waals surface area contributed by atoms with Crippen LogP contribution in [0.4, 0.5) is 10.5 Å². The minimum Gasteiger partial charge on any atom is -0.458 e. The number of cyclic esters (lactones) is 1. The molecule has 4 aliphatic rings. The van der Waals surface area contributed by atoms with Crippen LogP contribution in [0.5, 0.6) is 0 Å². The molecule has 0 spiro atoms. The molecule has 17 nitrogen and oxygen atoms in total. The molecule has 0 unspecified atom stereocenters. The second-order valence-corrected chi connectivity index (χ2v) is 16.8. The number of aliphatic hydroxyl groups excluding tert-OH is 1. The topological polar surface area (TPSA) is 207 Å². The van der Waals surface area contributed by atoms with Gasteiger partial charge in [-0.05, 0) is 78.7 Å². The number of oxime groups is 1. The van der Waals surface area contributed by atoms with Crippen LogP contribution in [0.1, 0.15) is 80.2 Å². The molecule has 4 fully saturated rings. The van der Waals surface area contributed by atoms with Crippen LogP contribution >= 0.6 is 0 Å². The Labute approximate surface area is 334 Å². The van der Waals surface area contributed by atoms with Gasteiger partial charge in [-0.1, -0.05) is 32.9 Å². The summed E-state index contributed by atoms with van der Waals surface area (Å²) in [4.78, 5) is 59.8. The number of benzene rings is 1. The smallest absolute Gasteiger partial charge is 0.408 e. The van der Waals surface area contributed by atoms with Crippen LogP contribution in [0.2, 0.25) is 0 Å². The van der Waals surface area contributed by atoms with Gasteiger partial charge in [0.15, 0.2) is 11.9 Å². The van der Waals surface area contributed by atoms with Crippen LogP contribution in [0, 0.1) is 33.8 Å². The number of alkyl carbamates (subject to hydrolysis) is 1. The number of nitrogens with zero attached hydrogens (tertiary/aromatic N) is 3. The van der Waals surface area contributed by atoms with Crippen molar-refractivity contribution in [3.05, 3.63) is 39.9 Å². The predicted octanol–water partition coefficient (Wildman–Crippen LogP) is 4.16. The van der Waals surface area contributed by atoms with Crippen molar-refractivity contribution in [3.63, 3.8) is 0 Å². The first-order chi connectivity index (χ1) is 26.8. The minimum atomic E-state index is -1.35. The standard InChI is InChI=1S/C40H60N4O13/c1-11-30-40(8)34(41-38(48)57-40)23(4)31(45)21(2)17-39(7)35(56-37-32(46)29(43(9)10)16-22(3)54-37)24(5)33(25(6)36(47)55-30)51-19-27(20-52-39)42-53-18-26-12-14-28(15-13-26)44(49)50/h12-15,21-25,29-30,32-35,37,46H,11,16-20H2,1-10H3,(H,41,48)/b42-27+/t21-,22-,23+,24-,25-,29+,30-,32-,33+,34+,35-,37+,39-,40-/m1/s1. The van der Waals surface area contributed by atoms with E-state index in [1.54, 1.807) is 39.8 Å². The maximum atomic E-state index is 14.5. The van der Waals surface area contributed by atoms with Gasteiger partial charge in [-0.2, -0.15) is 0 Å². The van der Waals surface area contributed by atoms with Gasteiger partial charge in [0.1, 0.15) is 30.3 Å². The van der Waals surface area contributed by atoms with E-state index in [0.29, 0.717) is 24.1 Å². The number of rotatable bonds is 8. The summed E-state index contributed by atoms with van der Waals surface area (Å²) in [5.74, 6) is -3.76. The van der Waals surface area contributed by atoms with Gasteiger partial charge in [-0.25, -0.2) is 4.79 Å². The number of amides is 1. The van der Waals surface area contributed by atoms with E-state index in [1.807, 2.05) is 46.7 Å². The Balaban J connectivity index is 1.58. The van der Waals surface area contributed by atoms with Gasteiger partial charge in [0, 0.05) is 35.9 Å². The number of esters is 1. The number of carbonyl (C=O) groups excluding carboxylic acids is 3. The molecule has 0 saturated carbocycles. The van der Waals surface area contributed by atoms with Crippen molar-refractivity contribution in [1.29, 1.82) is 0 Å². The fraction of sp³-hybridized carbons (Fsp3) is 0.750. The molecule has 1 aromatic rings. The largest absolute Gasteiger partial charge is 0.458 e. The van der Waals surface area contributed by atoms with Crippen LogP contribution < -0.4 is 5.32 Å². The maximum Gasteiger partial charge on any atom is 0.408 e. The van der Waals surface area contributed by atoms with Crippen LogP contribution in [-0.4, -0.2) is 126 Å². The summed E-state index contributed by atoms with van der Waals surface area (Å²) < 4.78 is 38.5. The van der Waals surface area contributed by atoms with Crippen LogP contribution in [0.25, 0.3) is 0 Å². The fourth-order valence-electron chi connectivity index (χ4n) is 9.01. The number of Topliss-reactive ketones (excluding diaryl/α,β-unsaturated/α-hetero) is 1. The average Bonchev–Trinajstić information content (AvgIpc) is 3.49. The lowest BCUT2D eigenvalue weighted by molar-refractivity contribution is -0.384. The van der Waals surface area contributed by atoms with E-state index < -0.39 is 88.6 Å². The van der Waals surface area contributed by atoms with E-state index in [-0.39, 0.29) is 49.9 Å². The number of carbonyl (C=O) groups is 3. The number of nitro groups is 1. The number of fused-ring (bicyclic) bond motifs is 4. The molecule has 4 saturated heterocycles. The van der Waals surface area contributed by atoms with Gasteiger partial charge in [0.05, 0.1) is 54.0 Å². The number of likely N-dealkylation sites (N-methyl/N-ethyl adjacent to an activating group) is 1. The van der Waals surface area contributed by atoms with Crippen molar-refractivity contribution in [2.24, 2.45) is 28.8 Å². The lowest BCUT2D eigenvalue weighted by atomic mass is 9.73. The zero-order valence-corrected chi connectivity index (χ0v) is 34.7. The third-order valence-corrected chi connectivity index (χ3v) is 12.2. The summed E-state index contributed by atoms with van der Waals surface area (Å²) in [7, 11) is 3.76. The molecule has 4 heterocycles. The Morgan fingerprint density at radius 1 is 1.05 bits per heavy atom. The van der Waals surface area contributed by atoms with E-state index >= 15 is 0 Å². The number of ether oxygens (including phenoxy) is 6. The highest BCUT2D eigenvalue weighted by Gasteiger charge is 2.57. The number of ketones is 1. The number of nitro benzene ring substituents is 1. The highest BCUT2D eigenvalue weighted by molar-refractivity contribution is 5.87. The van der Waals surface area contributed by atoms with Gasteiger partial charge in [-0.15, -0.1) is 0 Å². The molecule has 2 N–H and O–H groups in total. The molecule has 17 heteroatoms. The van der Waals surface area contributed by atoms with E-state index in [4.69, 9.17) is 33.3 Å². The fourth-order valence-corrected chi connectivity index (χ4v) is 9.01. The molecule has 0 aliphatic carbocycles. The van der Waals surface area contributed by atoms with Crippen molar-refractivity contribution in [2.75, 3.05) is 27.3 Å². The first kappa shape index (κ1) is 44.4. The van der Waals surface area contributed by atoms with E-state index in [2.05, 4.69) is 10.5 Å². The van der Waals surface area contributed by atoms with Crippen LogP contribution in [0.3, 0.4) is 0 Å². The van der Waals surface area contributed by atoms with Crippen molar-refractivity contribution in [3.8, 4) is 0 Å². The average molecular weight is 805 g/mol. The highest BCUT2D eigenvalue weighted by Crippen LogP contribution is 2.42. The van der Waals surface area contributed by atoms with E-state index in [9.17, 15) is 29.6 Å². The van der Waals surface area contributed by atoms with Crippen molar-refractivity contribution in [2.45, 2.75) is 141 Å². The summed E-state index contributed by atoms with van der Waals surface area (Å²) in [6.45, 7) is 14.1. The quantitative estimate of drug-likeness (QED) is 0.215. The highest BCUT2D eigenvalue weighted by atomic mass is 16.7. The monoisotopic (exact) mass is 804 g/mol. The molecule has 2 bridgehead atoms. The molecular formula is C40H60N4O13. The molecular weight excluding hydrogens is 744 g/mol. The van der Waals surface area contributed by atoms with Crippen LogP contribution in [0.15, 0.2) is 29.4 Å². The lowest BCUT2D eigenvalue weighted by Crippen LogP contribution is -2.60. The van der Waals surface area contributed by atoms with E-state index in [1.165, 1.54) is 12.1 Å². The summed E-state index contributed by atoms with van der Waals surface area (Å²) in [6.07, 6.45) is -4.86.